The topological polar surface area (TPSA) is 55.7 Å². The Morgan fingerprint density at radius 3 is 3.06 bits per heavy atom. The minimum Gasteiger partial charge on any atom is -0.497 e. The van der Waals surface area contributed by atoms with Crippen LogP contribution in [0.2, 0.25) is 0 Å². The molecular weight excluding hydrogens is 204 g/mol. The quantitative estimate of drug-likeness (QED) is 0.707. The SMILES string of the molecule is COc1ccc2nc(-n3cccn3)[nH]c2c1. The molecule has 3 rings (SSSR count). The van der Waals surface area contributed by atoms with Crippen LogP contribution < -0.4 is 4.74 Å². The molecular formula is C11H10N4O. The number of hydrogen-bond acceptors (Lipinski definition) is 3. The minimum absolute atomic E-state index is 0.702. The highest BCUT2D eigenvalue weighted by Crippen LogP contribution is 2.19. The van der Waals surface area contributed by atoms with Crippen molar-refractivity contribution in [2.24, 2.45) is 0 Å². The summed E-state index contributed by atoms with van der Waals surface area (Å²) in [5, 5.41) is 4.12. The highest BCUT2D eigenvalue weighted by Gasteiger charge is 2.05. The molecule has 0 aliphatic rings. The highest BCUT2D eigenvalue weighted by atomic mass is 16.5. The van der Waals surface area contributed by atoms with Gasteiger partial charge in [-0.2, -0.15) is 5.10 Å². The largest absolute Gasteiger partial charge is 0.497 e. The Hall–Kier alpha value is -2.30. The van der Waals surface area contributed by atoms with Crippen LogP contribution in [0.4, 0.5) is 0 Å². The second-order valence-electron chi connectivity index (χ2n) is 3.39. The van der Waals surface area contributed by atoms with Gasteiger partial charge < -0.3 is 9.72 Å². The summed E-state index contributed by atoms with van der Waals surface area (Å²) >= 11 is 0. The molecule has 5 nitrogen and oxygen atoms in total. The molecule has 2 heterocycles. The van der Waals surface area contributed by atoms with Gasteiger partial charge in [0, 0.05) is 18.5 Å². The van der Waals surface area contributed by atoms with Crippen molar-refractivity contribution in [2.75, 3.05) is 7.11 Å². The second kappa shape index (κ2) is 3.37. The molecule has 0 radical (unpaired) electrons. The lowest BCUT2D eigenvalue weighted by Crippen LogP contribution is -1.95. The first-order valence-electron chi connectivity index (χ1n) is 4.90. The number of fused-ring (bicyclic) bond motifs is 1. The number of aromatic nitrogens is 4. The number of methoxy groups -OCH3 is 1. The zero-order valence-corrected chi connectivity index (χ0v) is 8.71. The van der Waals surface area contributed by atoms with Crippen molar-refractivity contribution < 1.29 is 4.74 Å². The van der Waals surface area contributed by atoms with E-state index in [-0.39, 0.29) is 0 Å². The minimum atomic E-state index is 0.702. The molecule has 0 unspecified atom stereocenters. The number of hydrogen-bond donors (Lipinski definition) is 1. The summed E-state index contributed by atoms with van der Waals surface area (Å²) in [4.78, 5) is 7.60. The summed E-state index contributed by atoms with van der Waals surface area (Å²) in [5.41, 5.74) is 1.83. The number of nitrogens with zero attached hydrogens (tertiary/aromatic N) is 3. The van der Waals surface area contributed by atoms with Gasteiger partial charge in [-0.3, -0.25) is 0 Å². The second-order valence-corrected chi connectivity index (χ2v) is 3.39. The molecule has 0 saturated heterocycles. The zero-order valence-electron chi connectivity index (χ0n) is 8.71. The molecule has 0 aliphatic heterocycles. The van der Waals surface area contributed by atoms with Crippen molar-refractivity contribution in [1.29, 1.82) is 0 Å². The maximum absolute atomic E-state index is 5.15. The predicted octanol–water partition coefficient (Wildman–Crippen LogP) is 1.76. The lowest BCUT2D eigenvalue weighted by atomic mass is 10.3. The summed E-state index contributed by atoms with van der Waals surface area (Å²) in [6, 6.07) is 7.57. The van der Waals surface area contributed by atoms with Crippen molar-refractivity contribution in [2.45, 2.75) is 0 Å². The van der Waals surface area contributed by atoms with Crippen LogP contribution in [0, 0.1) is 0 Å². The van der Waals surface area contributed by atoms with E-state index in [9.17, 15) is 0 Å². The maximum Gasteiger partial charge on any atom is 0.229 e. The fourth-order valence-electron chi connectivity index (χ4n) is 1.60. The monoisotopic (exact) mass is 214 g/mol. The Balaban J connectivity index is 2.16. The third kappa shape index (κ3) is 1.33. The fourth-order valence-corrected chi connectivity index (χ4v) is 1.60. The number of nitrogens with one attached hydrogen (secondary N) is 1. The standard InChI is InChI=1S/C11H10N4O/c1-16-8-3-4-9-10(7-8)14-11(13-9)15-6-2-5-12-15/h2-7H,1H3,(H,13,14). The number of imidazole rings is 1. The van der Waals surface area contributed by atoms with E-state index in [2.05, 4.69) is 15.1 Å². The number of aromatic amines is 1. The molecule has 1 aromatic carbocycles. The van der Waals surface area contributed by atoms with Crippen molar-refractivity contribution >= 4 is 11.0 Å². The predicted molar refractivity (Wildman–Crippen MR) is 59.8 cm³/mol. The number of benzene rings is 1. The van der Waals surface area contributed by atoms with Crippen LogP contribution in [0.15, 0.2) is 36.7 Å². The van der Waals surface area contributed by atoms with Gasteiger partial charge in [-0.25, -0.2) is 9.67 Å². The van der Waals surface area contributed by atoms with Gasteiger partial charge in [0.05, 0.1) is 18.1 Å². The third-order valence-corrected chi connectivity index (χ3v) is 2.40. The van der Waals surface area contributed by atoms with Gasteiger partial charge >= 0.3 is 0 Å². The van der Waals surface area contributed by atoms with Crippen LogP contribution in [0.5, 0.6) is 5.75 Å². The van der Waals surface area contributed by atoms with E-state index < -0.39 is 0 Å². The van der Waals surface area contributed by atoms with Gasteiger partial charge in [0.1, 0.15) is 5.75 Å². The average Bonchev–Trinajstić information content (AvgIpc) is 2.96. The molecule has 0 spiro atoms. The molecule has 0 saturated carbocycles. The van der Waals surface area contributed by atoms with Crippen molar-refractivity contribution in [3.63, 3.8) is 0 Å². The smallest absolute Gasteiger partial charge is 0.229 e. The Morgan fingerprint density at radius 1 is 1.38 bits per heavy atom. The van der Waals surface area contributed by atoms with Gasteiger partial charge in [0.15, 0.2) is 0 Å². The fraction of sp³-hybridized carbons (Fsp3) is 0.0909. The van der Waals surface area contributed by atoms with Gasteiger partial charge in [-0.1, -0.05) is 0 Å². The molecule has 0 fully saturated rings. The Labute approximate surface area is 91.7 Å². The molecule has 1 N–H and O–H groups in total. The number of H-pyrrole nitrogens is 1. The summed E-state index contributed by atoms with van der Waals surface area (Å²) in [6.45, 7) is 0. The van der Waals surface area contributed by atoms with Crippen LogP contribution in [-0.4, -0.2) is 26.9 Å². The van der Waals surface area contributed by atoms with Gasteiger partial charge in [-0.05, 0) is 18.2 Å². The zero-order chi connectivity index (χ0) is 11.0. The van der Waals surface area contributed by atoms with Crippen LogP contribution >= 0.6 is 0 Å². The van der Waals surface area contributed by atoms with Gasteiger partial charge in [0.25, 0.3) is 0 Å². The molecule has 0 atom stereocenters. The van der Waals surface area contributed by atoms with E-state index in [4.69, 9.17) is 4.74 Å². The summed E-state index contributed by atoms with van der Waals surface area (Å²) in [7, 11) is 1.64. The Bertz CT molecular complexity index is 612. The summed E-state index contributed by atoms with van der Waals surface area (Å²) < 4.78 is 6.84. The van der Waals surface area contributed by atoms with E-state index in [1.54, 1.807) is 18.0 Å². The van der Waals surface area contributed by atoms with Crippen molar-refractivity contribution in [1.82, 2.24) is 19.7 Å². The van der Waals surface area contributed by atoms with Crippen molar-refractivity contribution in [3.8, 4) is 11.7 Å². The normalized spacial score (nSPS) is 10.8. The molecule has 16 heavy (non-hydrogen) atoms. The van der Waals surface area contributed by atoms with E-state index in [0.717, 1.165) is 16.8 Å². The van der Waals surface area contributed by atoms with E-state index in [0.29, 0.717) is 5.95 Å². The summed E-state index contributed by atoms with van der Waals surface area (Å²) in [5.74, 6) is 1.51. The first kappa shape index (κ1) is 8.96. The Morgan fingerprint density at radius 2 is 2.31 bits per heavy atom. The number of rotatable bonds is 2. The first-order valence-corrected chi connectivity index (χ1v) is 4.90. The maximum atomic E-state index is 5.15. The molecule has 2 aromatic heterocycles. The molecule has 5 heteroatoms. The molecule has 0 bridgehead atoms. The average molecular weight is 214 g/mol. The van der Waals surface area contributed by atoms with Crippen LogP contribution in [0.3, 0.4) is 0 Å². The van der Waals surface area contributed by atoms with E-state index in [1.165, 1.54) is 0 Å². The van der Waals surface area contributed by atoms with Gasteiger partial charge in [0.2, 0.25) is 5.95 Å². The van der Waals surface area contributed by atoms with E-state index >= 15 is 0 Å². The molecule has 3 aromatic rings. The lowest BCUT2D eigenvalue weighted by molar-refractivity contribution is 0.415. The third-order valence-electron chi connectivity index (χ3n) is 2.40. The van der Waals surface area contributed by atoms with Crippen molar-refractivity contribution in [3.05, 3.63) is 36.7 Å². The molecule has 80 valence electrons. The lowest BCUT2D eigenvalue weighted by Gasteiger charge is -1.96. The molecule has 0 amide bonds. The van der Waals surface area contributed by atoms with Crippen LogP contribution in [0.25, 0.3) is 17.0 Å². The highest BCUT2D eigenvalue weighted by molar-refractivity contribution is 5.77. The van der Waals surface area contributed by atoms with Gasteiger partial charge in [-0.15, -0.1) is 0 Å². The van der Waals surface area contributed by atoms with Crippen LogP contribution in [0.1, 0.15) is 0 Å². The number of ether oxygens (including phenoxy) is 1. The Kier molecular flexibility index (Phi) is 1.89. The summed E-state index contributed by atoms with van der Waals surface area (Å²) in [6.07, 6.45) is 3.56. The van der Waals surface area contributed by atoms with E-state index in [1.807, 2.05) is 30.5 Å². The van der Waals surface area contributed by atoms with Crippen LogP contribution in [-0.2, 0) is 0 Å². The first-order chi connectivity index (χ1) is 7.86. The molecule has 0 aliphatic carbocycles.